The average molecular weight is 341 g/mol. The van der Waals surface area contributed by atoms with Gasteiger partial charge in [0.1, 0.15) is 16.8 Å². The Morgan fingerprint density at radius 3 is 2.18 bits per heavy atom. The molecule has 0 spiro atoms. The smallest absolute Gasteiger partial charge is 0.408 e. The summed E-state index contributed by atoms with van der Waals surface area (Å²) >= 11 is 5.76. The minimum atomic E-state index is -4.71. The van der Waals surface area contributed by atoms with Crippen LogP contribution >= 0.6 is 11.6 Å². The molecule has 0 aliphatic carbocycles. The summed E-state index contributed by atoms with van der Waals surface area (Å²) in [6.07, 6.45) is -4.71. The molecule has 22 heavy (non-hydrogen) atoms. The highest BCUT2D eigenvalue weighted by atomic mass is 35.5. The van der Waals surface area contributed by atoms with Crippen molar-refractivity contribution in [3.63, 3.8) is 0 Å². The van der Waals surface area contributed by atoms with Gasteiger partial charge in [0.2, 0.25) is 0 Å². The molecule has 122 valence electrons. The number of alkyl halides is 3. The molecule has 0 aromatic carbocycles. The van der Waals surface area contributed by atoms with E-state index < -0.39 is 29.9 Å². The number of hydrogen-bond donors (Lipinski definition) is 2. The number of Topliss-reactive ketones (excluding diaryl/α,β-unsaturated/α-hetero) is 1. The van der Waals surface area contributed by atoms with Gasteiger partial charge in [-0.25, -0.2) is 4.79 Å². The summed E-state index contributed by atoms with van der Waals surface area (Å²) in [6, 6.07) is -2.22. The lowest BCUT2D eigenvalue weighted by Gasteiger charge is -2.16. The molecule has 1 aromatic heterocycles. The van der Waals surface area contributed by atoms with Crippen LogP contribution in [0.15, 0.2) is 0 Å². The van der Waals surface area contributed by atoms with E-state index in [1.54, 1.807) is 0 Å². The first-order valence-corrected chi connectivity index (χ1v) is 6.27. The Kier molecular flexibility index (Phi) is 4.91. The van der Waals surface area contributed by atoms with Gasteiger partial charge in [-0.3, -0.25) is 9.59 Å². The van der Waals surface area contributed by atoms with E-state index in [2.05, 4.69) is 0 Å². The van der Waals surface area contributed by atoms with Crippen molar-refractivity contribution >= 4 is 29.3 Å². The summed E-state index contributed by atoms with van der Waals surface area (Å²) in [6.45, 7) is 1.92. The van der Waals surface area contributed by atoms with E-state index in [4.69, 9.17) is 16.7 Å². The van der Waals surface area contributed by atoms with Crippen LogP contribution in [-0.4, -0.2) is 39.6 Å². The van der Waals surface area contributed by atoms with Gasteiger partial charge >= 0.3 is 12.1 Å². The average Bonchev–Trinajstić information content (AvgIpc) is 2.58. The maximum Gasteiger partial charge on any atom is 0.408 e. The summed E-state index contributed by atoms with van der Waals surface area (Å²) in [7, 11) is 1.23. The third kappa shape index (κ3) is 3.24. The van der Waals surface area contributed by atoms with Crippen LogP contribution < -0.4 is 5.32 Å². The van der Waals surface area contributed by atoms with Gasteiger partial charge in [-0.15, -0.1) is 0 Å². The molecule has 0 saturated carbocycles. The maximum atomic E-state index is 12.4. The lowest BCUT2D eigenvalue weighted by atomic mass is 10.1. The second kappa shape index (κ2) is 5.99. The van der Waals surface area contributed by atoms with Crippen LogP contribution in [0.5, 0.6) is 0 Å². The van der Waals surface area contributed by atoms with E-state index >= 15 is 0 Å². The number of hydrogen-bond acceptors (Lipinski definition) is 3. The molecule has 0 radical (unpaired) electrons. The van der Waals surface area contributed by atoms with Crippen molar-refractivity contribution in [2.75, 3.05) is 0 Å². The van der Waals surface area contributed by atoms with E-state index in [0.717, 1.165) is 4.57 Å². The first-order valence-electron chi connectivity index (χ1n) is 5.89. The standard InChI is InChI=1S/C12H12ClF3N2O4/c1-4-6(11(21)22)9(13)18(3)7(4)8(19)10(20)17-5(2)12(14,15)16/h5H,1-3H3,(H,17,20)(H,21,22). The lowest BCUT2D eigenvalue weighted by Crippen LogP contribution is -2.46. The molecule has 1 unspecified atom stereocenters. The molecule has 0 saturated heterocycles. The number of halogens is 4. The van der Waals surface area contributed by atoms with Gasteiger partial charge in [0.15, 0.2) is 0 Å². The molecule has 1 aromatic rings. The minimum absolute atomic E-state index is 0.0974. The Labute approximate surface area is 127 Å². The van der Waals surface area contributed by atoms with Gasteiger partial charge in [-0.1, -0.05) is 11.6 Å². The lowest BCUT2D eigenvalue weighted by molar-refractivity contribution is -0.156. The summed E-state index contributed by atoms with van der Waals surface area (Å²) < 4.78 is 38.1. The molecule has 0 fully saturated rings. The Hall–Kier alpha value is -2.03. The number of carbonyl (C=O) groups is 3. The van der Waals surface area contributed by atoms with E-state index in [1.807, 2.05) is 0 Å². The second-order valence-electron chi connectivity index (χ2n) is 4.57. The van der Waals surface area contributed by atoms with Crippen molar-refractivity contribution in [3.05, 3.63) is 22.0 Å². The normalized spacial score (nSPS) is 12.9. The molecular weight excluding hydrogens is 329 g/mol. The number of carbonyl (C=O) groups excluding carboxylic acids is 2. The highest BCUT2D eigenvalue weighted by Gasteiger charge is 2.39. The predicted molar refractivity (Wildman–Crippen MR) is 70.1 cm³/mol. The molecule has 0 aliphatic heterocycles. The number of carboxylic acid groups (broad SMARTS) is 1. The first kappa shape index (κ1) is 18.0. The number of aromatic carboxylic acids is 1. The topological polar surface area (TPSA) is 88.4 Å². The summed E-state index contributed by atoms with van der Waals surface area (Å²) in [5, 5.41) is 10.2. The van der Waals surface area contributed by atoms with Crippen LogP contribution in [0.3, 0.4) is 0 Å². The monoisotopic (exact) mass is 340 g/mol. The molecule has 10 heteroatoms. The van der Waals surface area contributed by atoms with Crippen molar-refractivity contribution in [3.8, 4) is 0 Å². The van der Waals surface area contributed by atoms with Crippen LogP contribution in [0, 0.1) is 6.92 Å². The Morgan fingerprint density at radius 2 is 1.82 bits per heavy atom. The Balaban J connectivity index is 3.17. The van der Waals surface area contributed by atoms with Crippen molar-refractivity contribution in [1.29, 1.82) is 0 Å². The van der Waals surface area contributed by atoms with Gasteiger partial charge in [0.05, 0.1) is 5.69 Å². The van der Waals surface area contributed by atoms with Crippen molar-refractivity contribution in [2.24, 2.45) is 7.05 Å². The molecule has 0 aliphatic rings. The minimum Gasteiger partial charge on any atom is -0.478 e. The summed E-state index contributed by atoms with van der Waals surface area (Å²) in [5.74, 6) is -4.21. The predicted octanol–water partition coefficient (Wildman–Crippen LogP) is 1.93. The molecule has 0 bridgehead atoms. The van der Waals surface area contributed by atoms with E-state index in [9.17, 15) is 27.6 Å². The largest absolute Gasteiger partial charge is 0.478 e. The zero-order chi connectivity index (χ0) is 17.4. The quantitative estimate of drug-likeness (QED) is 0.647. The third-order valence-corrected chi connectivity index (χ3v) is 3.48. The fourth-order valence-electron chi connectivity index (χ4n) is 1.81. The summed E-state index contributed by atoms with van der Waals surface area (Å²) in [4.78, 5) is 34.7. The van der Waals surface area contributed by atoms with Crippen molar-refractivity contribution < 1.29 is 32.7 Å². The Bertz CT molecular complexity index is 652. The molecule has 2 N–H and O–H groups in total. The number of amides is 1. The van der Waals surface area contributed by atoms with Crippen LogP contribution in [0.1, 0.15) is 33.3 Å². The first-order chi connectivity index (χ1) is 9.89. The molecule has 1 heterocycles. The van der Waals surface area contributed by atoms with E-state index in [-0.39, 0.29) is 22.0 Å². The fraction of sp³-hybridized carbons (Fsp3) is 0.417. The number of nitrogens with one attached hydrogen (secondary N) is 1. The van der Waals surface area contributed by atoms with Gasteiger partial charge in [0, 0.05) is 7.05 Å². The van der Waals surface area contributed by atoms with E-state index in [1.165, 1.54) is 19.3 Å². The molecular formula is C12H12ClF3N2O4. The zero-order valence-electron chi connectivity index (χ0n) is 11.7. The number of nitrogens with zero attached hydrogens (tertiary/aromatic N) is 1. The fourth-order valence-corrected chi connectivity index (χ4v) is 2.12. The van der Waals surface area contributed by atoms with Crippen molar-refractivity contribution in [2.45, 2.75) is 26.1 Å². The number of aromatic nitrogens is 1. The van der Waals surface area contributed by atoms with Crippen molar-refractivity contribution in [1.82, 2.24) is 9.88 Å². The van der Waals surface area contributed by atoms with Gasteiger partial charge < -0.3 is 15.0 Å². The molecule has 1 rings (SSSR count). The molecule has 6 nitrogen and oxygen atoms in total. The number of carboxylic acids is 1. The van der Waals surface area contributed by atoms with Gasteiger partial charge in [0.25, 0.3) is 11.7 Å². The molecule has 1 atom stereocenters. The highest BCUT2D eigenvalue weighted by Crippen LogP contribution is 2.26. The van der Waals surface area contributed by atoms with Crippen LogP contribution in [0.4, 0.5) is 13.2 Å². The molecule has 1 amide bonds. The SMILES string of the molecule is Cc1c(C(=O)O)c(Cl)n(C)c1C(=O)C(=O)NC(C)C(F)(F)F. The highest BCUT2D eigenvalue weighted by molar-refractivity contribution is 6.44. The second-order valence-corrected chi connectivity index (χ2v) is 4.93. The van der Waals surface area contributed by atoms with Gasteiger partial charge in [-0.2, -0.15) is 13.2 Å². The summed E-state index contributed by atoms with van der Waals surface area (Å²) in [5.41, 5.74) is -0.863. The number of ketones is 1. The van der Waals surface area contributed by atoms with Crippen LogP contribution in [0.2, 0.25) is 5.15 Å². The third-order valence-electron chi connectivity index (χ3n) is 3.04. The van der Waals surface area contributed by atoms with Gasteiger partial charge in [-0.05, 0) is 19.4 Å². The maximum absolute atomic E-state index is 12.4. The zero-order valence-corrected chi connectivity index (χ0v) is 12.5. The van der Waals surface area contributed by atoms with E-state index in [0.29, 0.717) is 6.92 Å². The van der Waals surface area contributed by atoms with Crippen LogP contribution in [-0.2, 0) is 11.8 Å². The van der Waals surface area contributed by atoms with Crippen LogP contribution in [0.25, 0.3) is 0 Å². The Morgan fingerprint density at radius 1 is 1.32 bits per heavy atom. The number of rotatable bonds is 4.